The fourth-order valence-electron chi connectivity index (χ4n) is 2.11. The van der Waals surface area contributed by atoms with Gasteiger partial charge < -0.3 is 5.11 Å². The molecule has 0 bridgehead atoms. The van der Waals surface area contributed by atoms with Crippen LogP contribution in [-0.2, 0) is 11.3 Å². The second kappa shape index (κ2) is 7.35. The number of carboxylic acids is 1. The first kappa shape index (κ1) is 15.7. The van der Waals surface area contributed by atoms with E-state index in [-0.39, 0.29) is 12.1 Å². The van der Waals surface area contributed by atoms with E-state index in [1.807, 2.05) is 6.07 Å². The highest BCUT2D eigenvalue weighted by Gasteiger charge is 2.19. The number of rotatable bonds is 6. The Hall–Kier alpha value is -2.70. The standard InChI is InChI=1S/C16H16N2O4/c19-15(18-22)14(12-6-2-1-3-7-12)17-10-11-5-4-8-13(9-11)16(20)21/h1-9,14,17,22H,10H2,(H,18,19)(H,20,21)/t14-/m1/s1. The van der Waals surface area contributed by atoms with Gasteiger partial charge >= 0.3 is 5.97 Å². The zero-order valence-electron chi connectivity index (χ0n) is 11.7. The molecule has 114 valence electrons. The van der Waals surface area contributed by atoms with Crippen LogP contribution in [0.2, 0.25) is 0 Å². The molecule has 0 aliphatic carbocycles. The van der Waals surface area contributed by atoms with Crippen molar-refractivity contribution in [3.63, 3.8) is 0 Å². The number of carbonyl (C=O) groups excluding carboxylic acids is 1. The van der Waals surface area contributed by atoms with Crippen LogP contribution in [0.5, 0.6) is 0 Å². The lowest BCUT2D eigenvalue weighted by molar-refractivity contribution is -0.131. The van der Waals surface area contributed by atoms with Gasteiger partial charge in [0.2, 0.25) is 0 Å². The Kier molecular flexibility index (Phi) is 5.24. The summed E-state index contributed by atoms with van der Waals surface area (Å²) in [4.78, 5) is 22.7. The molecule has 0 fully saturated rings. The molecule has 2 aromatic carbocycles. The first-order valence-electron chi connectivity index (χ1n) is 6.66. The van der Waals surface area contributed by atoms with Gasteiger partial charge in [0.15, 0.2) is 0 Å². The molecular weight excluding hydrogens is 284 g/mol. The summed E-state index contributed by atoms with van der Waals surface area (Å²) in [5.41, 5.74) is 3.24. The predicted molar refractivity (Wildman–Crippen MR) is 79.4 cm³/mol. The number of carbonyl (C=O) groups is 2. The number of benzene rings is 2. The SMILES string of the molecule is O=C(O)c1cccc(CN[C@@H](C(=O)NO)c2ccccc2)c1. The Morgan fingerprint density at radius 2 is 1.77 bits per heavy atom. The third-order valence-electron chi connectivity index (χ3n) is 3.19. The molecule has 1 amide bonds. The van der Waals surface area contributed by atoms with Gasteiger partial charge in [-0.15, -0.1) is 0 Å². The number of hydroxylamine groups is 1. The van der Waals surface area contributed by atoms with Gasteiger partial charge in [0, 0.05) is 6.54 Å². The Bertz CT molecular complexity index is 658. The van der Waals surface area contributed by atoms with E-state index < -0.39 is 17.9 Å². The Morgan fingerprint density at radius 1 is 1.05 bits per heavy atom. The predicted octanol–water partition coefficient (Wildman–Crippen LogP) is 1.72. The number of hydrogen-bond acceptors (Lipinski definition) is 4. The van der Waals surface area contributed by atoms with Crippen LogP contribution in [0.3, 0.4) is 0 Å². The highest BCUT2D eigenvalue weighted by atomic mass is 16.5. The molecule has 0 saturated carbocycles. The van der Waals surface area contributed by atoms with Crippen LogP contribution in [0.25, 0.3) is 0 Å². The third kappa shape index (κ3) is 3.91. The summed E-state index contributed by atoms with van der Waals surface area (Å²) in [6, 6.07) is 14.6. The molecule has 0 unspecified atom stereocenters. The Labute approximate surface area is 127 Å². The lowest BCUT2D eigenvalue weighted by Gasteiger charge is -2.17. The summed E-state index contributed by atoms with van der Waals surface area (Å²) in [5, 5.41) is 20.8. The normalized spacial score (nSPS) is 11.7. The minimum Gasteiger partial charge on any atom is -0.478 e. The van der Waals surface area contributed by atoms with Gasteiger partial charge in [-0.25, -0.2) is 10.3 Å². The molecule has 1 atom stereocenters. The van der Waals surface area contributed by atoms with Crippen LogP contribution in [0.4, 0.5) is 0 Å². The fraction of sp³-hybridized carbons (Fsp3) is 0.125. The number of nitrogens with one attached hydrogen (secondary N) is 2. The van der Waals surface area contributed by atoms with Crippen molar-refractivity contribution in [2.45, 2.75) is 12.6 Å². The molecule has 2 aromatic rings. The van der Waals surface area contributed by atoms with E-state index in [1.165, 1.54) is 12.1 Å². The largest absolute Gasteiger partial charge is 0.478 e. The maximum absolute atomic E-state index is 11.8. The maximum atomic E-state index is 11.8. The van der Waals surface area contributed by atoms with E-state index in [2.05, 4.69) is 5.32 Å². The minimum atomic E-state index is -1.01. The highest BCUT2D eigenvalue weighted by molar-refractivity contribution is 5.87. The Morgan fingerprint density at radius 3 is 2.41 bits per heavy atom. The molecule has 6 nitrogen and oxygen atoms in total. The van der Waals surface area contributed by atoms with E-state index in [9.17, 15) is 9.59 Å². The lowest BCUT2D eigenvalue weighted by atomic mass is 10.1. The van der Waals surface area contributed by atoms with Crippen LogP contribution < -0.4 is 10.8 Å². The van der Waals surface area contributed by atoms with Gasteiger partial charge in [-0.3, -0.25) is 15.3 Å². The van der Waals surface area contributed by atoms with Gasteiger partial charge in [-0.2, -0.15) is 0 Å². The van der Waals surface area contributed by atoms with Gasteiger partial charge in [-0.1, -0.05) is 42.5 Å². The second-order valence-electron chi connectivity index (χ2n) is 4.71. The second-order valence-corrected chi connectivity index (χ2v) is 4.71. The maximum Gasteiger partial charge on any atom is 0.335 e. The molecule has 4 N–H and O–H groups in total. The van der Waals surface area contributed by atoms with Crippen LogP contribution >= 0.6 is 0 Å². The van der Waals surface area contributed by atoms with Gasteiger partial charge in [0.05, 0.1) is 5.56 Å². The lowest BCUT2D eigenvalue weighted by Crippen LogP contribution is -2.35. The van der Waals surface area contributed by atoms with Crippen molar-refractivity contribution in [3.05, 3.63) is 71.3 Å². The van der Waals surface area contributed by atoms with Crippen molar-refractivity contribution in [2.24, 2.45) is 0 Å². The molecule has 0 heterocycles. The molecular formula is C16H16N2O4. The van der Waals surface area contributed by atoms with E-state index in [0.29, 0.717) is 5.56 Å². The van der Waals surface area contributed by atoms with Crippen molar-refractivity contribution >= 4 is 11.9 Å². The average Bonchev–Trinajstić information content (AvgIpc) is 2.56. The zero-order chi connectivity index (χ0) is 15.9. The van der Waals surface area contributed by atoms with Crippen molar-refractivity contribution in [3.8, 4) is 0 Å². The van der Waals surface area contributed by atoms with Gasteiger partial charge in [0.25, 0.3) is 5.91 Å². The summed E-state index contributed by atoms with van der Waals surface area (Å²) >= 11 is 0. The summed E-state index contributed by atoms with van der Waals surface area (Å²) in [6.45, 7) is 0.286. The molecule has 22 heavy (non-hydrogen) atoms. The van der Waals surface area contributed by atoms with Crippen molar-refractivity contribution in [1.82, 2.24) is 10.8 Å². The third-order valence-corrected chi connectivity index (χ3v) is 3.19. The van der Waals surface area contributed by atoms with Crippen molar-refractivity contribution in [1.29, 1.82) is 0 Å². The average molecular weight is 300 g/mol. The molecule has 0 aliphatic rings. The first-order valence-corrected chi connectivity index (χ1v) is 6.66. The van der Waals surface area contributed by atoms with Gasteiger partial charge in [-0.05, 0) is 23.3 Å². The first-order chi connectivity index (χ1) is 10.6. The summed E-state index contributed by atoms with van der Waals surface area (Å²) in [7, 11) is 0. The van der Waals surface area contributed by atoms with Gasteiger partial charge in [0.1, 0.15) is 6.04 Å². The van der Waals surface area contributed by atoms with Crippen LogP contribution in [0, 0.1) is 0 Å². The fourth-order valence-corrected chi connectivity index (χ4v) is 2.11. The number of aromatic carboxylic acids is 1. The number of hydrogen-bond donors (Lipinski definition) is 4. The molecule has 2 rings (SSSR count). The topological polar surface area (TPSA) is 98.7 Å². The minimum absolute atomic E-state index is 0.183. The van der Waals surface area contributed by atoms with E-state index in [4.69, 9.17) is 10.3 Å². The smallest absolute Gasteiger partial charge is 0.335 e. The van der Waals surface area contributed by atoms with Crippen molar-refractivity contribution in [2.75, 3.05) is 0 Å². The van der Waals surface area contributed by atoms with Crippen LogP contribution in [-0.4, -0.2) is 22.2 Å². The molecule has 0 aliphatic heterocycles. The van der Waals surface area contributed by atoms with Crippen LogP contribution in [0.15, 0.2) is 54.6 Å². The molecule has 0 saturated heterocycles. The number of amides is 1. The molecule has 0 spiro atoms. The van der Waals surface area contributed by atoms with E-state index in [0.717, 1.165) is 5.56 Å². The summed E-state index contributed by atoms with van der Waals surface area (Å²) in [5.74, 6) is -1.59. The number of carboxylic acid groups (broad SMARTS) is 1. The quantitative estimate of drug-likeness (QED) is 0.481. The van der Waals surface area contributed by atoms with E-state index in [1.54, 1.807) is 41.9 Å². The monoisotopic (exact) mass is 300 g/mol. The molecule has 0 radical (unpaired) electrons. The summed E-state index contributed by atoms with van der Waals surface area (Å²) < 4.78 is 0. The summed E-state index contributed by atoms with van der Waals surface area (Å²) in [6.07, 6.45) is 0. The zero-order valence-corrected chi connectivity index (χ0v) is 11.7. The van der Waals surface area contributed by atoms with Crippen LogP contribution in [0.1, 0.15) is 27.5 Å². The molecule has 0 aromatic heterocycles. The highest BCUT2D eigenvalue weighted by Crippen LogP contribution is 2.14. The molecule has 6 heteroatoms. The Balaban J connectivity index is 2.13. The van der Waals surface area contributed by atoms with E-state index >= 15 is 0 Å². The van der Waals surface area contributed by atoms with Crippen molar-refractivity contribution < 1.29 is 19.9 Å².